The van der Waals surface area contributed by atoms with Crippen LogP contribution in [0, 0.1) is 0 Å². The molecular formula is C40H44Cl4N4Ni2O8. The van der Waals surface area contributed by atoms with Crippen molar-refractivity contribution in [2.24, 2.45) is 0 Å². The summed E-state index contributed by atoms with van der Waals surface area (Å²) >= 11 is 21.9. The molecule has 18 heteroatoms. The topological polar surface area (TPSA) is 212 Å². The number of hydrogen-bond donors (Lipinski definition) is 0. The van der Waals surface area contributed by atoms with E-state index in [-0.39, 0.29) is 79.2 Å². The number of aromatic nitrogens is 4. The van der Waals surface area contributed by atoms with Crippen molar-refractivity contribution >= 4 is 69.5 Å². The fraction of sp³-hybridized carbons (Fsp3) is 0.200. The zero-order valence-corrected chi connectivity index (χ0v) is 37.7. The van der Waals surface area contributed by atoms with Crippen LogP contribution in [-0.2, 0) is 52.2 Å². The van der Waals surface area contributed by atoms with Crippen molar-refractivity contribution < 1.29 is 72.6 Å². The second-order valence-electron chi connectivity index (χ2n) is 10.1. The van der Waals surface area contributed by atoms with Crippen molar-refractivity contribution in [3.8, 4) is 0 Å². The molecule has 0 unspecified atom stereocenters. The van der Waals surface area contributed by atoms with Gasteiger partial charge in [-0.05, 0) is 101 Å². The zero-order chi connectivity index (χ0) is 43.9. The average Bonchev–Trinajstić information content (AvgIpc) is 3.06. The number of rotatable bonds is 4. The molecule has 4 heterocycles. The van der Waals surface area contributed by atoms with Gasteiger partial charge in [0.15, 0.2) is 23.1 Å². The maximum absolute atomic E-state index is 9.98. The van der Waals surface area contributed by atoms with E-state index in [9.17, 15) is 39.6 Å². The third kappa shape index (κ3) is 69.5. The van der Waals surface area contributed by atoms with Crippen LogP contribution < -0.4 is 20.4 Å². The Bertz CT molecular complexity index is 1500. The Hall–Kier alpha value is -4.41. The van der Waals surface area contributed by atoms with Crippen molar-refractivity contribution in [2.75, 3.05) is 0 Å². The molecule has 0 saturated heterocycles. The summed E-state index contributed by atoms with van der Waals surface area (Å²) in [6, 6.07) is 14.3. The van der Waals surface area contributed by atoms with Gasteiger partial charge in [0, 0.05) is 49.6 Å². The number of pyridine rings is 4. The average molecular weight is 968 g/mol. The predicted molar refractivity (Wildman–Crippen MR) is 215 cm³/mol. The van der Waals surface area contributed by atoms with E-state index < -0.39 is 0 Å². The number of nitrogens with zero attached hydrogens (tertiary/aromatic N) is 4. The Labute approximate surface area is 380 Å². The SMILES string of the molecule is CC(=O)/C=C(/C)[O-].CC(=O)/C=C(/C)[O-].CC(=O)/C=C(/C)[O-].CC(=O)/C=C(/C)[O-].Clc1cccnc1.Clc1cccnc1.Clc1cccnc1.Clc1cccnc1.[Ni+2].[Ni+2]. The van der Waals surface area contributed by atoms with Crippen molar-refractivity contribution in [2.45, 2.75) is 55.4 Å². The van der Waals surface area contributed by atoms with Crippen LogP contribution in [0.2, 0.25) is 20.1 Å². The minimum absolute atomic E-state index is 0. The molecule has 0 spiro atoms. The Morgan fingerprint density at radius 3 is 0.586 bits per heavy atom. The van der Waals surface area contributed by atoms with E-state index in [0.717, 1.165) is 24.3 Å². The molecule has 0 radical (unpaired) electrons. The van der Waals surface area contributed by atoms with Gasteiger partial charge in [0.2, 0.25) is 0 Å². The number of ketones is 4. The van der Waals surface area contributed by atoms with Gasteiger partial charge < -0.3 is 20.4 Å². The summed E-state index contributed by atoms with van der Waals surface area (Å²) in [5.41, 5.74) is 0. The fourth-order valence-electron chi connectivity index (χ4n) is 2.51. The smallest absolute Gasteiger partial charge is 0.876 e. The monoisotopic (exact) mass is 964 g/mol. The number of carbonyl (C=O) groups is 4. The summed E-state index contributed by atoms with van der Waals surface area (Å²) in [6.45, 7) is 10.8. The van der Waals surface area contributed by atoms with Gasteiger partial charge >= 0.3 is 33.0 Å². The van der Waals surface area contributed by atoms with Crippen LogP contribution in [-0.4, -0.2) is 43.1 Å². The maximum Gasteiger partial charge on any atom is 2.00 e. The minimum atomic E-state index is -0.187. The molecule has 12 nitrogen and oxygen atoms in total. The van der Waals surface area contributed by atoms with Crippen LogP contribution in [0.3, 0.4) is 0 Å². The first-order valence-electron chi connectivity index (χ1n) is 15.7. The number of allylic oxidation sites excluding steroid dienone is 8. The van der Waals surface area contributed by atoms with Crippen molar-refractivity contribution in [1.82, 2.24) is 19.9 Å². The van der Waals surface area contributed by atoms with E-state index in [0.29, 0.717) is 20.1 Å². The summed E-state index contributed by atoms with van der Waals surface area (Å²) in [5, 5.41) is 42.6. The van der Waals surface area contributed by atoms with Crippen LogP contribution >= 0.6 is 46.4 Å². The summed E-state index contributed by atoms with van der Waals surface area (Å²) in [6.07, 6.45) is 17.4. The van der Waals surface area contributed by atoms with Crippen molar-refractivity contribution in [1.29, 1.82) is 0 Å². The first-order chi connectivity index (χ1) is 26.1. The minimum Gasteiger partial charge on any atom is -0.876 e. The van der Waals surface area contributed by atoms with Gasteiger partial charge in [-0.1, -0.05) is 74.1 Å². The second kappa shape index (κ2) is 45.3. The van der Waals surface area contributed by atoms with E-state index in [2.05, 4.69) is 19.9 Å². The van der Waals surface area contributed by atoms with Gasteiger partial charge in [-0.2, -0.15) is 0 Å². The third-order valence-electron chi connectivity index (χ3n) is 4.13. The molecule has 0 atom stereocenters. The standard InChI is InChI=1S/4C5H4ClN.4C5H8O2.2Ni/c4*6-5-2-1-3-7-4-5;4*1-4(6)3-5(2)7;;/h4*1-4H;4*3,6H,1-2H3;;/q;;;;;;;;2*+2/p-4/b;;;;4*4-3-;;. The van der Waals surface area contributed by atoms with Crippen LogP contribution in [0.25, 0.3) is 0 Å². The fourth-order valence-corrected chi connectivity index (χ4v) is 3.03. The molecule has 4 aromatic heterocycles. The van der Waals surface area contributed by atoms with Crippen LogP contribution in [0.5, 0.6) is 0 Å². The molecule has 0 aromatic carbocycles. The molecule has 58 heavy (non-hydrogen) atoms. The Morgan fingerprint density at radius 1 is 0.397 bits per heavy atom. The van der Waals surface area contributed by atoms with Crippen LogP contribution in [0.1, 0.15) is 55.4 Å². The summed E-state index contributed by atoms with van der Waals surface area (Å²) in [7, 11) is 0. The van der Waals surface area contributed by atoms with E-state index in [4.69, 9.17) is 46.4 Å². The molecule has 4 aromatic rings. The number of hydrogen-bond acceptors (Lipinski definition) is 12. The third-order valence-corrected chi connectivity index (χ3v) is 5.02. The second-order valence-corrected chi connectivity index (χ2v) is 11.9. The van der Waals surface area contributed by atoms with Gasteiger partial charge in [0.25, 0.3) is 0 Å². The normalized spacial score (nSPS) is 9.72. The molecule has 0 fully saturated rings. The van der Waals surface area contributed by atoms with Gasteiger partial charge in [-0.3, -0.25) is 39.1 Å². The van der Waals surface area contributed by atoms with Crippen LogP contribution in [0.4, 0.5) is 0 Å². The van der Waals surface area contributed by atoms with E-state index in [1.165, 1.54) is 55.4 Å². The van der Waals surface area contributed by atoms with E-state index >= 15 is 0 Å². The quantitative estimate of drug-likeness (QED) is 0.125. The molecule has 0 saturated carbocycles. The molecular weight excluding hydrogens is 924 g/mol. The molecule has 0 N–H and O–H groups in total. The molecule has 0 bridgehead atoms. The number of carbonyl (C=O) groups excluding carboxylic acids is 4. The van der Waals surface area contributed by atoms with E-state index in [1.54, 1.807) is 98.1 Å². The summed E-state index contributed by atoms with van der Waals surface area (Å²) in [5.74, 6) is -1.50. The number of halogens is 4. The van der Waals surface area contributed by atoms with Gasteiger partial charge in [0.05, 0.1) is 20.1 Å². The molecule has 0 aliphatic rings. The molecule has 0 amide bonds. The molecule has 4 rings (SSSR count). The zero-order valence-electron chi connectivity index (χ0n) is 32.7. The van der Waals surface area contributed by atoms with Gasteiger partial charge in [-0.15, -0.1) is 23.0 Å². The van der Waals surface area contributed by atoms with Gasteiger partial charge in [-0.25, -0.2) is 0 Å². The Kier molecular flexibility index (Phi) is 51.1. The van der Waals surface area contributed by atoms with Crippen molar-refractivity contribution in [3.63, 3.8) is 0 Å². The van der Waals surface area contributed by atoms with Crippen LogP contribution in [0.15, 0.2) is 145 Å². The maximum atomic E-state index is 9.98. The van der Waals surface area contributed by atoms with Gasteiger partial charge in [0.1, 0.15) is 0 Å². The molecule has 320 valence electrons. The Balaban J connectivity index is -0.000000133. The first kappa shape index (κ1) is 65.4. The van der Waals surface area contributed by atoms with E-state index in [1.807, 2.05) is 0 Å². The summed E-state index contributed by atoms with van der Waals surface area (Å²) in [4.78, 5) is 54.9. The molecule has 0 aliphatic carbocycles. The van der Waals surface area contributed by atoms with Crippen molar-refractivity contribution in [3.05, 3.63) is 166 Å². The Morgan fingerprint density at radius 2 is 0.552 bits per heavy atom. The summed E-state index contributed by atoms with van der Waals surface area (Å²) < 4.78 is 0. The first-order valence-corrected chi connectivity index (χ1v) is 17.3. The largest absolute Gasteiger partial charge is 2.00 e. The molecule has 0 aliphatic heterocycles. The predicted octanol–water partition coefficient (Wildman–Crippen LogP) is 6.29.